The Morgan fingerprint density at radius 2 is 2.22 bits per heavy atom. The van der Waals surface area contributed by atoms with Gasteiger partial charge in [-0.2, -0.15) is 0 Å². The minimum Gasteiger partial charge on any atom is -0.382 e. The number of aryl methyl sites for hydroxylation is 1. The molecule has 1 aliphatic rings. The molecule has 0 saturated carbocycles. The maximum atomic E-state index is 6.03. The molecule has 1 fully saturated rings. The molecular weight excluding hydrogens is 290 g/mol. The van der Waals surface area contributed by atoms with Crippen LogP contribution in [0, 0.1) is 6.92 Å². The van der Waals surface area contributed by atoms with Crippen LogP contribution in [0.3, 0.4) is 0 Å². The lowest BCUT2D eigenvalue weighted by molar-refractivity contribution is 0.237. The molecule has 4 heterocycles. The van der Waals surface area contributed by atoms with Crippen LogP contribution in [0.2, 0.25) is 0 Å². The number of nitrogens with zero attached hydrogens (tertiary/aromatic N) is 5. The van der Waals surface area contributed by atoms with Crippen molar-refractivity contribution in [1.29, 1.82) is 0 Å². The maximum Gasteiger partial charge on any atom is 0.183 e. The highest BCUT2D eigenvalue weighted by atomic mass is 15.2. The number of H-pyrrole nitrogens is 1. The van der Waals surface area contributed by atoms with Gasteiger partial charge in [0, 0.05) is 12.7 Å². The fraction of sp³-hybridized carbons (Fsp3) is 0.375. The molecule has 3 aromatic heterocycles. The van der Waals surface area contributed by atoms with Crippen molar-refractivity contribution in [3.63, 3.8) is 0 Å². The van der Waals surface area contributed by atoms with Gasteiger partial charge in [-0.3, -0.25) is 9.88 Å². The average molecular weight is 309 g/mol. The zero-order valence-corrected chi connectivity index (χ0v) is 13.0. The van der Waals surface area contributed by atoms with E-state index in [1.165, 1.54) is 5.56 Å². The van der Waals surface area contributed by atoms with E-state index >= 15 is 0 Å². The van der Waals surface area contributed by atoms with Crippen molar-refractivity contribution in [3.05, 3.63) is 41.7 Å². The Balaban J connectivity index is 1.62. The molecular formula is C16H19N7. The number of likely N-dealkylation sites (tertiary alicyclic amines) is 1. The molecule has 1 saturated heterocycles. The molecule has 0 aromatic carbocycles. The smallest absolute Gasteiger partial charge is 0.183 e. The molecule has 3 N–H and O–H groups in total. The van der Waals surface area contributed by atoms with Gasteiger partial charge in [-0.05, 0) is 37.9 Å². The average Bonchev–Trinajstić information content (AvgIpc) is 3.18. The standard InChI is InChI=1S/C16H19N7/c1-10-4-5-11(18-7-10)8-23-6-2-3-12(23)15-21-14(17)13-16(22-15)20-9-19-13/h4-5,7,9,12H,2-3,6,8H2,1H3,(H3,17,19,20,21,22). The SMILES string of the molecule is Cc1ccc(CN2CCCC2c2nc(N)c3[nH]cnc3n2)nc1. The lowest BCUT2D eigenvalue weighted by Gasteiger charge is -2.23. The third-order valence-corrected chi connectivity index (χ3v) is 4.33. The molecule has 0 radical (unpaired) electrons. The first kappa shape index (κ1) is 14.1. The van der Waals surface area contributed by atoms with Crippen LogP contribution in [0.5, 0.6) is 0 Å². The third-order valence-electron chi connectivity index (χ3n) is 4.33. The van der Waals surface area contributed by atoms with E-state index in [9.17, 15) is 0 Å². The molecule has 0 spiro atoms. The molecule has 7 heteroatoms. The Hall–Kier alpha value is -2.54. The van der Waals surface area contributed by atoms with Gasteiger partial charge in [-0.1, -0.05) is 6.07 Å². The number of aromatic nitrogens is 5. The van der Waals surface area contributed by atoms with Gasteiger partial charge < -0.3 is 10.7 Å². The predicted octanol–water partition coefficient (Wildman–Crippen LogP) is 1.98. The summed E-state index contributed by atoms with van der Waals surface area (Å²) in [6.45, 7) is 3.86. The fourth-order valence-corrected chi connectivity index (χ4v) is 3.13. The summed E-state index contributed by atoms with van der Waals surface area (Å²) in [4.78, 5) is 23.1. The van der Waals surface area contributed by atoms with Crippen molar-refractivity contribution in [2.75, 3.05) is 12.3 Å². The van der Waals surface area contributed by atoms with Gasteiger partial charge >= 0.3 is 0 Å². The zero-order chi connectivity index (χ0) is 15.8. The van der Waals surface area contributed by atoms with E-state index in [1.54, 1.807) is 6.33 Å². The molecule has 1 aliphatic heterocycles. The van der Waals surface area contributed by atoms with E-state index in [2.05, 4.69) is 42.0 Å². The van der Waals surface area contributed by atoms with Crippen LogP contribution >= 0.6 is 0 Å². The number of hydrogen-bond donors (Lipinski definition) is 2. The van der Waals surface area contributed by atoms with E-state index in [4.69, 9.17) is 5.73 Å². The minimum absolute atomic E-state index is 0.168. The number of aromatic amines is 1. The molecule has 0 bridgehead atoms. The van der Waals surface area contributed by atoms with Crippen molar-refractivity contribution in [2.45, 2.75) is 32.4 Å². The van der Waals surface area contributed by atoms with Crippen molar-refractivity contribution < 1.29 is 0 Å². The molecule has 0 amide bonds. The fourth-order valence-electron chi connectivity index (χ4n) is 3.13. The van der Waals surface area contributed by atoms with Crippen molar-refractivity contribution in [1.82, 2.24) is 29.8 Å². The van der Waals surface area contributed by atoms with Crippen molar-refractivity contribution >= 4 is 17.0 Å². The monoisotopic (exact) mass is 309 g/mol. The summed E-state index contributed by atoms with van der Waals surface area (Å²) in [6.07, 6.45) is 5.66. The van der Waals surface area contributed by atoms with Crippen LogP contribution < -0.4 is 5.73 Å². The van der Waals surface area contributed by atoms with Gasteiger partial charge in [0.15, 0.2) is 17.3 Å². The highest BCUT2D eigenvalue weighted by Gasteiger charge is 2.29. The maximum absolute atomic E-state index is 6.03. The molecule has 3 aromatic rings. The summed E-state index contributed by atoms with van der Waals surface area (Å²) < 4.78 is 0. The first-order valence-electron chi connectivity index (χ1n) is 7.83. The lowest BCUT2D eigenvalue weighted by Crippen LogP contribution is -2.25. The summed E-state index contributed by atoms with van der Waals surface area (Å²) in [5.74, 6) is 1.22. The first-order chi connectivity index (χ1) is 11.2. The number of anilines is 1. The first-order valence-corrected chi connectivity index (χ1v) is 7.83. The van der Waals surface area contributed by atoms with Crippen LogP contribution in [0.15, 0.2) is 24.7 Å². The van der Waals surface area contributed by atoms with Crippen LogP contribution in [-0.2, 0) is 6.54 Å². The molecule has 1 atom stereocenters. The van der Waals surface area contributed by atoms with Gasteiger partial charge in [-0.15, -0.1) is 0 Å². The number of rotatable bonds is 3. The van der Waals surface area contributed by atoms with E-state index in [0.717, 1.165) is 37.4 Å². The summed E-state index contributed by atoms with van der Waals surface area (Å²) >= 11 is 0. The van der Waals surface area contributed by atoms with Gasteiger partial charge in [-0.25, -0.2) is 15.0 Å². The summed E-state index contributed by atoms with van der Waals surface area (Å²) in [5, 5.41) is 0. The molecule has 0 aliphatic carbocycles. The number of nitrogen functional groups attached to an aromatic ring is 1. The molecule has 1 unspecified atom stereocenters. The Morgan fingerprint density at radius 1 is 1.30 bits per heavy atom. The number of nitrogens with one attached hydrogen (secondary N) is 1. The van der Waals surface area contributed by atoms with Gasteiger partial charge in [0.1, 0.15) is 5.52 Å². The van der Waals surface area contributed by atoms with Gasteiger partial charge in [0.2, 0.25) is 0 Å². The highest BCUT2D eigenvalue weighted by molar-refractivity contribution is 5.80. The molecule has 4 rings (SSSR count). The molecule has 7 nitrogen and oxygen atoms in total. The van der Waals surface area contributed by atoms with Crippen molar-refractivity contribution in [3.8, 4) is 0 Å². The highest BCUT2D eigenvalue weighted by Crippen LogP contribution is 2.32. The van der Waals surface area contributed by atoms with Crippen LogP contribution in [0.4, 0.5) is 5.82 Å². The van der Waals surface area contributed by atoms with Gasteiger partial charge in [0.05, 0.1) is 18.1 Å². The van der Waals surface area contributed by atoms with Crippen molar-refractivity contribution in [2.24, 2.45) is 0 Å². The number of hydrogen-bond acceptors (Lipinski definition) is 6. The number of fused-ring (bicyclic) bond motifs is 1. The van der Waals surface area contributed by atoms with E-state index in [1.807, 2.05) is 13.1 Å². The molecule has 118 valence electrons. The normalized spacial score (nSPS) is 18.7. The van der Waals surface area contributed by atoms with E-state index in [-0.39, 0.29) is 6.04 Å². The Kier molecular flexibility index (Phi) is 3.42. The lowest BCUT2D eigenvalue weighted by atomic mass is 10.2. The predicted molar refractivity (Wildman–Crippen MR) is 87.5 cm³/mol. The van der Waals surface area contributed by atoms with Crippen LogP contribution in [-0.4, -0.2) is 36.4 Å². The molecule has 23 heavy (non-hydrogen) atoms. The Morgan fingerprint density at radius 3 is 3.04 bits per heavy atom. The Labute approximate surface area is 134 Å². The second-order valence-corrected chi connectivity index (χ2v) is 6.02. The van der Waals surface area contributed by atoms with E-state index < -0.39 is 0 Å². The quantitative estimate of drug-likeness (QED) is 0.768. The van der Waals surface area contributed by atoms with Gasteiger partial charge in [0.25, 0.3) is 0 Å². The second-order valence-electron chi connectivity index (χ2n) is 6.02. The minimum atomic E-state index is 0.168. The summed E-state index contributed by atoms with van der Waals surface area (Å²) in [5.41, 5.74) is 9.61. The summed E-state index contributed by atoms with van der Waals surface area (Å²) in [7, 11) is 0. The Bertz CT molecular complexity index is 824. The van der Waals surface area contributed by atoms with Crippen LogP contribution in [0.1, 0.15) is 36.0 Å². The van der Waals surface area contributed by atoms with Crippen LogP contribution in [0.25, 0.3) is 11.2 Å². The summed E-state index contributed by atoms with van der Waals surface area (Å²) in [6, 6.07) is 4.34. The largest absolute Gasteiger partial charge is 0.382 e. The topological polar surface area (TPSA) is 96.6 Å². The third kappa shape index (κ3) is 2.63. The van der Waals surface area contributed by atoms with E-state index in [0.29, 0.717) is 17.0 Å². The zero-order valence-electron chi connectivity index (χ0n) is 13.0. The number of pyridine rings is 1. The second kappa shape index (κ2) is 5.58. The number of nitrogens with two attached hydrogens (primary N) is 1. The number of imidazole rings is 1.